The highest BCUT2D eigenvalue weighted by Gasteiger charge is 2.39. The Labute approximate surface area is 122 Å². The molecule has 3 nitrogen and oxygen atoms in total. The number of carbonyl (C=O) groups excluding carboxylic acids is 1. The highest BCUT2D eigenvalue weighted by molar-refractivity contribution is 14.1. The first-order valence-corrected chi connectivity index (χ1v) is 7.33. The second-order valence-electron chi connectivity index (χ2n) is 5.13. The van der Waals surface area contributed by atoms with E-state index >= 15 is 0 Å². The fraction of sp³-hybridized carbons (Fsp3) is 0.500. The van der Waals surface area contributed by atoms with Crippen LogP contribution in [0.5, 0.6) is 0 Å². The van der Waals surface area contributed by atoms with Crippen LogP contribution < -0.4 is 5.32 Å². The molecule has 4 heteroatoms. The number of carbonyl (C=O) groups is 1. The average molecular weight is 358 g/mol. The van der Waals surface area contributed by atoms with Crippen LogP contribution in [-0.4, -0.2) is 37.0 Å². The summed E-state index contributed by atoms with van der Waals surface area (Å²) in [6.07, 6.45) is 3.61. The van der Waals surface area contributed by atoms with Gasteiger partial charge in [-0.15, -0.1) is 0 Å². The first kappa shape index (κ1) is 13.8. The second kappa shape index (κ2) is 5.57. The van der Waals surface area contributed by atoms with Crippen LogP contribution >= 0.6 is 22.6 Å². The number of likely N-dealkylation sites (N-methyl/N-ethyl adjacent to an activating group) is 1. The van der Waals surface area contributed by atoms with E-state index in [4.69, 9.17) is 0 Å². The summed E-state index contributed by atoms with van der Waals surface area (Å²) >= 11 is 2.20. The molecular weight excluding hydrogens is 339 g/mol. The lowest BCUT2D eigenvalue weighted by Crippen LogP contribution is -2.57. The minimum Gasteiger partial charge on any atom is -0.350 e. The molecule has 0 heterocycles. The minimum atomic E-state index is 0.0353. The van der Waals surface area contributed by atoms with Crippen molar-refractivity contribution in [3.05, 3.63) is 33.4 Å². The Morgan fingerprint density at radius 1 is 1.39 bits per heavy atom. The first-order chi connectivity index (χ1) is 8.55. The van der Waals surface area contributed by atoms with Gasteiger partial charge in [-0.3, -0.25) is 4.79 Å². The number of benzene rings is 1. The Hall–Kier alpha value is -0.620. The van der Waals surface area contributed by atoms with E-state index in [2.05, 4.69) is 46.9 Å². The van der Waals surface area contributed by atoms with Crippen LogP contribution in [0.15, 0.2) is 24.3 Å². The van der Waals surface area contributed by atoms with Gasteiger partial charge >= 0.3 is 0 Å². The first-order valence-electron chi connectivity index (χ1n) is 6.25. The molecule has 0 aromatic heterocycles. The van der Waals surface area contributed by atoms with Crippen molar-refractivity contribution in [3.8, 4) is 0 Å². The fourth-order valence-corrected chi connectivity index (χ4v) is 2.98. The molecule has 0 spiro atoms. The number of hydrogen-bond acceptors (Lipinski definition) is 2. The molecule has 0 saturated heterocycles. The van der Waals surface area contributed by atoms with Gasteiger partial charge in [0, 0.05) is 15.7 Å². The predicted molar refractivity (Wildman–Crippen MR) is 81.8 cm³/mol. The summed E-state index contributed by atoms with van der Waals surface area (Å²) in [5.41, 5.74) is 0.946. The van der Waals surface area contributed by atoms with E-state index in [9.17, 15) is 4.79 Å². The van der Waals surface area contributed by atoms with Crippen molar-refractivity contribution in [2.24, 2.45) is 0 Å². The topological polar surface area (TPSA) is 32.3 Å². The summed E-state index contributed by atoms with van der Waals surface area (Å²) in [6, 6.07) is 7.69. The van der Waals surface area contributed by atoms with Gasteiger partial charge in [-0.05, 0) is 68.1 Å². The molecule has 0 radical (unpaired) electrons. The molecule has 2 rings (SSSR count). The Kier molecular flexibility index (Phi) is 4.27. The van der Waals surface area contributed by atoms with Crippen LogP contribution in [0.25, 0.3) is 0 Å². The number of halogens is 1. The van der Waals surface area contributed by atoms with Gasteiger partial charge in [0.25, 0.3) is 5.91 Å². The minimum absolute atomic E-state index is 0.0353. The number of nitrogens with one attached hydrogen (secondary N) is 1. The summed E-state index contributed by atoms with van der Waals surface area (Å²) in [4.78, 5) is 14.4. The molecule has 1 amide bonds. The van der Waals surface area contributed by atoms with Crippen LogP contribution in [0.3, 0.4) is 0 Å². The second-order valence-corrected chi connectivity index (χ2v) is 6.30. The standard InChI is InChI=1S/C14H19IN2O/c1-17(2)14(8-5-9-14)10-16-13(18)11-6-3-4-7-12(11)15/h3-4,6-7H,5,8-10H2,1-2H3,(H,16,18). The molecule has 0 bridgehead atoms. The summed E-state index contributed by atoms with van der Waals surface area (Å²) in [6.45, 7) is 0.740. The van der Waals surface area contributed by atoms with E-state index in [0.717, 1.165) is 15.7 Å². The summed E-state index contributed by atoms with van der Waals surface area (Å²) in [7, 11) is 4.19. The van der Waals surface area contributed by atoms with Gasteiger partial charge in [0.1, 0.15) is 0 Å². The van der Waals surface area contributed by atoms with E-state index in [1.165, 1.54) is 19.3 Å². The van der Waals surface area contributed by atoms with Crippen LogP contribution in [0.2, 0.25) is 0 Å². The van der Waals surface area contributed by atoms with E-state index in [-0.39, 0.29) is 11.4 Å². The molecular formula is C14H19IN2O. The molecule has 18 heavy (non-hydrogen) atoms. The number of hydrogen-bond donors (Lipinski definition) is 1. The van der Waals surface area contributed by atoms with Gasteiger partial charge in [-0.1, -0.05) is 12.1 Å². The van der Waals surface area contributed by atoms with Crippen molar-refractivity contribution in [2.45, 2.75) is 24.8 Å². The Bertz CT molecular complexity index is 441. The Morgan fingerprint density at radius 3 is 2.56 bits per heavy atom. The monoisotopic (exact) mass is 358 g/mol. The highest BCUT2D eigenvalue weighted by Crippen LogP contribution is 2.35. The summed E-state index contributed by atoms with van der Waals surface area (Å²) in [5.74, 6) is 0.0353. The third-order valence-corrected chi connectivity index (χ3v) is 4.87. The molecule has 1 N–H and O–H groups in total. The van der Waals surface area contributed by atoms with Crippen LogP contribution in [0, 0.1) is 3.57 Å². The van der Waals surface area contributed by atoms with Gasteiger partial charge in [0.15, 0.2) is 0 Å². The molecule has 98 valence electrons. The highest BCUT2D eigenvalue weighted by atomic mass is 127. The van der Waals surface area contributed by atoms with Crippen molar-refractivity contribution in [1.29, 1.82) is 0 Å². The summed E-state index contributed by atoms with van der Waals surface area (Å²) in [5, 5.41) is 3.08. The molecule has 0 unspecified atom stereocenters. The molecule has 1 aromatic rings. The largest absolute Gasteiger partial charge is 0.350 e. The lowest BCUT2D eigenvalue weighted by Gasteiger charge is -2.47. The van der Waals surface area contributed by atoms with Crippen molar-refractivity contribution in [3.63, 3.8) is 0 Å². The van der Waals surface area contributed by atoms with Crippen LogP contribution in [0.1, 0.15) is 29.6 Å². The molecule has 0 aliphatic heterocycles. The zero-order valence-electron chi connectivity index (χ0n) is 10.9. The van der Waals surface area contributed by atoms with Gasteiger partial charge < -0.3 is 10.2 Å². The maximum atomic E-state index is 12.1. The van der Waals surface area contributed by atoms with E-state index in [1.54, 1.807) is 0 Å². The zero-order chi connectivity index (χ0) is 13.2. The molecule has 1 aliphatic rings. The van der Waals surface area contributed by atoms with Crippen molar-refractivity contribution in [1.82, 2.24) is 10.2 Å². The van der Waals surface area contributed by atoms with Gasteiger partial charge in [-0.2, -0.15) is 0 Å². The van der Waals surface area contributed by atoms with Crippen LogP contribution in [0.4, 0.5) is 0 Å². The number of nitrogens with zero attached hydrogens (tertiary/aromatic N) is 1. The van der Waals surface area contributed by atoms with Gasteiger partial charge in [0.05, 0.1) is 5.56 Å². The van der Waals surface area contributed by atoms with Crippen molar-refractivity contribution >= 4 is 28.5 Å². The quantitative estimate of drug-likeness (QED) is 0.839. The third-order valence-electron chi connectivity index (χ3n) is 3.93. The van der Waals surface area contributed by atoms with Gasteiger partial charge in [0.2, 0.25) is 0 Å². The lowest BCUT2D eigenvalue weighted by molar-refractivity contribution is 0.0557. The Morgan fingerprint density at radius 2 is 2.06 bits per heavy atom. The maximum Gasteiger partial charge on any atom is 0.252 e. The average Bonchev–Trinajstić information content (AvgIpc) is 2.27. The maximum absolute atomic E-state index is 12.1. The van der Waals surface area contributed by atoms with E-state index in [0.29, 0.717) is 0 Å². The zero-order valence-corrected chi connectivity index (χ0v) is 13.0. The smallest absolute Gasteiger partial charge is 0.252 e. The molecule has 1 fully saturated rings. The third kappa shape index (κ3) is 2.69. The lowest BCUT2D eigenvalue weighted by atomic mass is 9.75. The normalized spacial score (nSPS) is 17.3. The molecule has 1 aliphatic carbocycles. The molecule has 0 atom stereocenters. The molecule has 1 saturated carbocycles. The SMILES string of the molecule is CN(C)C1(CNC(=O)c2ccccc2I)CCC1. The summed E-state index contributed by atoms with van der Waals surface area (Å²) < 4.78 is 1.00. The Balaban J connectivity index is 1.99. The molecule has 1 aromatic carbocycles. The fourth-order valence-electron chi connectivity index (χ4n) is 2.35. The van der Waals surface area contributed by atoms with Gasteiger partial charge in [-0.25, -0.2) is 0 Å². The van der Waals surface area contributed by atoms with Crippen LogP contribution in [-0.2, 0) is 0 Å². The van der Waals surface area contributed by atoms with Crippen molar-refractivity contribution < 1.29 is 4.79 Å². The van der Waals surface area contributed by atoms with E-state index in [1.807, 2.05) is 24.3 Å². The van der Waals surface area contributed by atoms with E-state index < -0.39 is 0 Å². The predicted octanol–water partition coefficient (Wildman–Crippen LogP) is 2.51. The number of rotatable bonds is 4. The number of amides is 1. The van der Waals surface area contributed by atoms with Crippen molar-refractivity contribution in [2.75, 3.05) is 20.6 Å².